The molecule has 0 bridgehead atoms. The first-order chi connectivity index (χ1) is 10.2. The van der Waals surface area contributed by atoms with Gasteiger partial charge in [0, 0.05) is 0 Å². The fourth-order valence-corrected chi connectivity index (χ4v) is 3.14. The van der Waals surface area contributed by atoms with Gasteiger partial charge in [-0.2, -0.15) is 17.6 Å². The van der Waals surface area contributed by atoms with Crippen molar-refractivity contribution in [2.45, 2.75) is 89.7 Å². The third-order valence-electron chi connectivity index (χ3n) is 5.38. The fraction of sp³-hybridized carbons (Fsp3) is 1.00. The molecule has 0 N–H and O–H groups in total. The maximum absolute atomic E-state index is 14.1. The highest BCUT2D eigenvalue weighted by Gasteiger charge is 2.58. The molecule has 0 aromatic heterocycles. The number of alkyl halides is 4. The molecule has 0 aliphatic carbocycles. The molecule has 0 aliphatic heterocycles. The molecule has 146 valence electrons. The second-order valence-corrected chi connectivity index (χ2v) is 19.1. The maximum atomic E-state index is 14.1. The van der Waals surface area contributed by atoms with Crippen molar-refractivity contribution in [1.82, 2.24) is 0 Å². The Morgan fingerprint density at radius 2 is 0.792 bits per heavy atom. The van der Waals surface area contributed by atoms with Gasteiger partial charge < -0.3 is 8.85 Å². The average molecular weight is 391 g/mol. The summed E-state index contributed by atoms with van der Waals surface area (Å²) in [5.74, 6) is -8.52. The van der Waals surface area contributed by atoms with Gasteiger partial charge >= 0.3 is 11.8 Å². The molecule has 0 amide bonds. The maximum Gasteiger partial charge on any atom is 0.333 e. The minimum atomic E-state index is -4.26. The van der Waals surface area contributed by atoms with Crippen molar-refractivity contribution >= 4 is 16.6 Å². The molecule has 0 unspecified atom stereocenters. The predicted molar refractivity (Wildman–Crippen MR) is 96.2 cm³/mol. The van der Waals surface area contributed by atoms with Crippen LogP contribution >= 0.6 is 0 Å². The first-order valence-electron chi connectivity index (χ1n) is 8.20. The van der Waals surface area contributed by atoms with Crippen molar-refractivity contribution in [1.29, 1.82) is 0 Å². The Bertz CT molecular complexity index is 385. The lowest BCUT2D eigenvalue weighted by Crippen LogP contribution is -2.53. The summed E-state index contributed by atoms with van der Waals surface area (Å²) in [6.45, 7) is 15.7. The Morgan fingerprint density at radius 3 is 0.958 bits per heavy atom. The van der Waals surface area contributed by atoms with Crippen LogP contribution in [0.4, 0.5) is 17.6 Å². The van der Waals surface area contributed by atoms with Gasteiger partial charge in [0.05, 0.1) is 0 Å². The number of halogens is 4. The predicted octanol–water partition coefficient (Wildman–Crippen LogP) is 6.30. The van der Waals surface area contributed by atoms with Gasteiger partial charge in [0.1, 0.15) is 13.2 Å². The van der Waals surface area contributed by atoms with Crippen LogP contribution in [0.15, 0.2) is 0 Å². The summed E-state index contributed by atoms with van der Waals surface area (Å²) < 4.78 is 66.9. The van der Waals surface area contributed by atoms with E-state index < -0.39 is 41.7 Å². The quantitative estimate of drug-likeness (QED) is 0.375. The third-order valence-corrected chi connectivity index (χ3v) is 14.3. The first-order valence-corrected chi connectivity index (χ1v) is 14.0. The fourth-order valence-electron chi connectivity index (χ4n) is 1.19. The highest BCUT2D eigenvalue weighted by molar-refractivity contribution is 6.74. The van der Waals surface area contributed by atoms with Gasteiger partial charge in [-0.25, -0.2) is 0 Å². The Morgan fingerprint density at radius 1 is 0.583 bits per heavy atom. The van der Waals surface area contributed by atoms with Gasteiger partial charge in [0.25, 0.3) is 0 Å². The van der Waals surface area contributed by atoms with Crippen LogP contribution in [0.3, 0.4) is 0 Å². The highest BCUT2D eigenvalue weighted by atomic mass is 28.4. The van der Waals surface area contributed by atoms with Crippen LogP contribution in [-0.2, 0) is 8.85 Å². The van der Waals surface area contributed by atoms with Gasteiger partial charge in [-0.3, -0.25) is 0 Å². The molecule has 0 saturated heterocycles. The van der Waals surface area contributed by atoms with Gasteiger partial charge in [0.15, 0.2) is 16.6 Å². The van der Waals surface area contributed by atoms with E-state index in [1.807, 2.05) is 41.5 Å². The zero-order valence-corrected chi connectivity index (χ0v) is 18.7. The lowest BCUT2D eigenvalue weighted by atomic mass is 10.2. The molecular weight excluding hydrogens is 356 g/mol. The zero-order chi connectivity index (χ0) is 19.8. The van der Waals surface area contributed by atoms with Crippen molar-refractivity contribution in [3.63, 3.8) is 0 Å². The molecule has 2 nitrogen and oxygen atoms in total. The van der Waals surface area contributed by atoms with Crippen LogP contribution in [-0.4, -0.2) is 41.7 Å². The van der Waals surface area contributed by atoms with Crippen LogP contribution in [0.1, 0.15) is 41.5 Å². The molecular formula is C16H34F4O2Si2. The van der Waals surface area contributed by atoms with Crippen LogP contribution < -0.4 is 0 Å². The molecule has 0 rings (SSSR count). The zero-order valence-electron chi connectivity index (χ0n) is 16.7. The van der Waals surface area contributed by atoms with Gasteiger partial charge in [0.2, 0.25) is 0 Å². The molecule has 0 aliphatic rings. The van der Waals surface area contributed by atoms with E-state index in [0.717, 1.165) is 0 Å². The van der Waals surface area contributed by atoms with Crippen LogP contribution in [0, 0.1) is 0 Å². The van der Waals surface area contributed by atoms with Crippen LogP contribution in [0.25, 0.3) is 0 Å². The SMILES string of the molecule is CC(C)(C)[Si](C)(C)OCC(F)(F)C(F)(F)CO[Si](C)(C)C(C)(C)C. The second kappa shape index (κ2) is 7.00. The van der Waals surface area contributed by atoms with E-state index in [-0.39, 0.29) is 10.1 Å². The number of hydrogen-bond acceptors (Lipinski definition) is 2. The van der Waals surface area contributed by atoms with Crippen LogP contribution in [0.5, 0.6) is 0 Å². The van der Waals surface area contributed by atoms with E-state index in [1.165, 1.54) is 0 Å². The topological polar surface area (TPSA) is 18.5 Å². The summed E-state index contributed by atoms with van der Waals surface area (Å²) in [5, 5.41) is -0.647. The van der Waals surface area contributed by atoms with Gasteiger partial charge in [-0.1, -0.05) is 41.5 Å². The standard InChI is InChI=1S/C16H34F4O2Si2/c1-13(2,3)23(7,8)21-11-15(17,18)16(19,20)12-22-24(9,10)14(4,5)6/h11-12H2,1-10H3. The summed E-state index contributed by atoms with van der Waals surface area (Å²) in [7, 11) is -5.06. The van der Waals surface area contributed by atoms with Crippen molar-refractivity contribution < 1.29 is 26.4 Å². The number of rotatable bonds is 7. The summed E-state index contributed by atoms with van der Waals surface area (Å²) in [4.78, 5) is 0. The van der Waals surface area contributed by atoms with E-state index in [2.05, 4.69) is 0 Å². The molecule has 8 heteroatoms. The largest absolute Gasteiger partial charge is 0.410 e. The smallest absolute Gasteiger partial charge is 0.333 e. The summed E-state index contributed by atoms with van der Waals surface area (Å²) in [6.07, 6.45) is 0. The lowest BCUT2D eigenvalue weighted by Gasteiger charge is -2.40. The second-order valence-electron chi connectivity index (χ2n) is 9.51. The molecule has 24 heavy (non-hydrogen) atoms. The van der Waals surface area contributed by atoms with E-state index in [4.69, 9.17) is 8.85 Å². The van der Waals surface area contributed by atoms with E-state index in [0.29, 0.717) is 0 Å². The van der Waals surface area contributed by atoms with Crippen molar-refractivity contribution in [3.05, 3.63) is 0 Å². The molecule has 0 spiro atoms. The number of hydrogen-bond donors (Lipinski definition) is 0. The highest BCUT2D eigenvalue weighted by Crippen LogP contribution is 2.42. The normalized spacial score (nSPS) is 15.8. The van der Waals surface area contributed by atoms with E-state index >= 15 is 0 Å². The summed E-state index contributed by atoms with van der Waals surface area (Å²) in [6, 6.07) is 0. The molecule has 0 aromatic rings. The van der Waals surface area contributed by atoms with E-state index in [9.17, 15) is 17.6 Å². The summed E-state index contributed by atoms with van der Waals surface area (Å²) in [5.41, 5.74) is 0. The molecule has 0 aromatic carbocycles. The molecule has 0 saturated carbocycles. The molecule has 0 atom stereocenters. The Balaban J connectivity index is 5.01. The van der Waals surface area contributed by atoms with Crippen molar-refractivity contribution in [2.24, 2.45) is 0 Å². The Hall–Kier alpha value is 0.0738. The lowest BCUT2D eigenvalue weighted by molar-refractivity contribution is -0.235. The summed E-state index contributed by atoms with van der Waals surface area (Å²) >= 11 is 0. The average Bonchev–Trinajstić information content (AvgIpc) is 2.31. The third kappa shape index (κ3) is 5.81. The van der Waals surface area contributed by atoms with Gasteiger partial charge in [-0.05, 0) is 36.3 Å². The van der Waals surface area contributed by atoms with Crippen LogP contribution in [0.2, 0.25) is 36.3 Å². The molecule has 0 radical (unpaired) electrons. The Kier molecular flexibility index (Phi) is 7.02. The van der Waals surface area contributed by atoms with Crippen molar-refractivity contribution in [3.8, 4) is 0 Å². The van der Waals surface area contributed by atoms with Gasteiger partial charge in [-0.15, -0.1) is 0 Å². The molecule has 0 heterocycles. The van der Waals surface area contributed by atoms with E-state index in [1.54, 1.807) is 26.2 Å². The minimum Gasteiger partial charge on any atom is -0.410 e. The molecule has 0 fully saturated rings. The first kappa shape index (κ1) is 24.1. The monoisotopic (exact) mass is 390 g/mol. The Labute approximate surface area is 146 Å². The van der Waals surface area contributed by atoms with Crippen molar-refractivity contribution in [2.75, 3.05) is 13.2 Å². The minimum absolute atomic E-state index is 0.323.